The minimum atomic E-state index is -0.875. The van der Waals surface area contributed by atoms with Crippen LogP contribution in [0, 0.1) is 0 Å². The Labute approximate surface area is 150 Å². The van der Waals surface area contributed by atoms with Crippen molar-refractivity contribution in [2.24, 2.45) is 0 Å². The van der Waals surface area contributed by atoms with Crippen LogP contribution < -0.4 is 9.47 Å². The maximum absolute atomic E-state index is 11.1. The first-order chi connectivity index (χ1) is 12.0. The Bertz CT molecular complexity index is 775. The predicted octanol–water partition coefficient (Wildman–Crippen LogP) is 3.25. The van der Waals surface area contributed by atoms with Crippen LogP contribution in [-0.4, -0.2) is 44.3 Å². The number of carboxylic acids is 1. The number of carboxylic acid groups (broad SMARTS) is 1. The van der Waals surface area contributed by atoms with E-state index < -0.39 is 11.2 Å². The quantitative estimate of drug-likeness (QED) is 0.816. The minimum Gasteiger partial charge on any atom is -0.490 e. The van der Waals surface area contributed by atoms with Crippen LogP contribution in [0.4, 0.5) is 0 Å². The first-order valence-corrected chi connectivity index (χ1v) is 9.09. The van der Waals surface area contributed by atoms with Gasteiger partial charge in [0.2, 0.25) is 0 Å². The molecule has 2 heterocycles. The van der Waals surface area contributed by atoms with Gasteiger partial charge in [0.1, 0.15) is 5.25 Å². The minimum absolute atomic E-state index is 0.0875. The zero-order valence-corrected chi connectivity index (χ0v) is 15.2. The zero-order chi connectivity index (χ0) is 18.0. The van der Waals surface area contributed by atoms with E-state index in [-0.39, 0.29) is 6.04 Å². The van der Waals surface area contributed by atoms with Gasteiger partial charge in [0, 0.05) is 18.0 Å². The smallest absolute Gasteiger partial charge is 0.316 e. The molecule has 1 aromatic carbocycles. The van der Waals surface area contributed by atoms with Crippen LogP contribution >= 0.6 is 11.8 Å². The second kappa shape index (κ2) is 7.35. The van der Waals surface area contributed by atoms with Crippen LogP contribution in [0.15, 0.2) is 23.4 Å². The van der Waals surface area contributed by atoms with E-state index in [0.717, 1.165) is 17.7 Å². The molecule has 25 heavy (non-hydrogen) atoms. The Morgan fingerprint density at radius 1 is 1.20 bits per heavy atom. The van der Waals surface area contributed by atoms with E-state index in [4.69, 9.17) is 14.6 Å². The summed E-state index contributed by atoms with van der Waals surface area (Å²) >= 11 is 1.19. The van der Waals surface area contributed by atoms with Crippen molar-refractivity contribution in [2.75, 3.05) is 13.2 Å². The molecule has 0 radical (unpaired) electrons. The largest absolute Gasteiger partial charge is 0.490 e. The van der Waals surface area contributed by atoms with Crippen molar-refractivity contribution in [1.82, 2.24) is 14.8 Å². The van der Waals surface area contributed by atoms with Gasteiger partial charge in [0.05, 0.1) is 13.2 Å². The van der Waals surface area contributed by atoms with Crippen molar-refractivity contribution >= 4 is 17.7 Å². The molecule has 7 nitrogen and oxygen atoms in total. The summed E-state index contributed by atoms with van der Waals surface area (Å²) in [6, 6.07) is 5.79. The highest BCUT2D eigenvalue weighted by molar-refractivity contribution is 8.00. The summed E-state index contributed by atoms with van der Waals surface area (Å²) in [5.41, 5.74) is 0.861. The molecule has 1 aliphatic heterocycles. The fourth-order valence-corrected chi connectivity index (χ4v) is 3.45. The average molecular weight is 363 g/mol. The van der Waals surface area contributed by atoms with Gasteiger partial charge in [0.15, 0.2) is 22.5 Å². The highest BCUT2D eigenvalue weighted by Crippen LogP contribution is 2.36. The van der Waals surface area contributed by atoms with Crippen molar-refractivity contribution in [3.05, 3.63) is 18.2 Å². The summed E-state index contributed by atoms with van der Waals surface area (Å²) in [7, 11) is 0. The Hall–Kier alpha value is -2.22. The molecular formula is C17H21N3O4S. The lowest BCUT2D eigenvalue weighted by Gasteiger charge is -2.15. The standard InChI is InChI=1S/C17H21N3O4S/c1-10(2)20-15(18-19-17(20)25-11(3)16(21)22)12-5-6-13-14(9-12)24-8-4-7-23-13/h5-6,9-11H,4,7-8H2,1-3H3,(H,21,22)/t11-/m1/s1. The van der Waals surface area contributed by atoms with Crippen LogP contribution in [0.5, 0.6) is 11.5 Å². The molecule has 0 amide bonds. The van der Waals surface area contributed by atoms with E-state index >= 15 is 0 Å². The number of ether oxygens (including phenoxy) is 2. The number of hydrogen-bond acceptors (Lipinski definition) is 6. The molecule has 134 valence electrons. The molecule has 0 saturated carbocycles. The normalized spacial score (nSPS) is 15.0. The van der Waals surface area contributed by atoms with Gasteiger partial charge >= 0.3 is 5.97 Å². The summed E-state index contributed by atoms with van der Waals surface area (Å²) in [6.45, 7) is 6.93. The number of rotatable bonds is 5. The third-order valence-corrected chi connectivity index (χ3v) is 4.86. The Morgan fingerprint density at radius 3 is 2.60 bits per heavy atom. The number of carbonyl (C=O) groups is 1. The molecule has 1 atom stereocenters. The summed E-state index contributed by atoms with van der Waals surface area (Å²) in [6.07, 6.45) is 0.847. The van der Waals surface area contributed by atoms with E-state index in [1.807, 2.05) is 36.6 Å². The van der Waals surface area contributed by atoms with Gasteiger partial charge in [-0.3, -0.25) is 9.36 Å². The molecule has 8 heteroatoms. The number of thioether (sulfide) groups is 1. The number of nitrogens with zero attached hydrogens (tertiary/aromatic N) is 3. The van der Waals surface area contributed by atoms with Crippen molar-refractivity contribution in [3.8, 4) is 22.9 Å². The van der Waals surface area contributed by atoms with Crippen molar-refractivity contribution < 1.29 is 19.4 Å². The third kappa shape index (κ3) is 3.73. The average Bonchev–Trinajstić information content (AvgIpc) is 2.84. The van der Waals surface area contributed by atoms with Gasteiger partial charge in [0.25, 0.3) is 0 Å². The maximum atomic E-state index is 11.1. The van der Waals surface area contributed by atoms with Gasteiger partial charge < -0.3 is 14.6 Å². The summed E-state index contributed by atoms with van der Waals surface area (Å²) in [4.78, 5) is 11.1. The molecule has 1 N–H and O–H groups in total. The van der Waals surface area contributed by atoms with Crippen LogP contribution in [-0.2, 0) is 4.79 Å². The second-order valence-electron chi connectivity index (χ2n) is 6.08. The lowest BCUT2D eigenvalue weighted by Crippen LogP contribution is -2.13. The molecule has 0 bridgehead atoms. The van der Waals surface area contributed by atoms with Gasteiger partial charge in [-0.2, -0.15) is 0 Å². The Kier molecular flexibility index (Phi) is 5.17. The van der Waals surface area contributed by atoms with Crippen molar-refractivity contribution in [1.29, 1.82) is 0 Å². The molecule has 3 rings (SSSR count). The van der Waals surface area contributed by atoms with Gasteiger partial charge in [-0.25, -0.2) is 0 Å². The third-order valence-electron chi connectivity index (χ3n) is 3.82. The Balaban J connectivity index is 1.98. The van der Waals surface area contributed by atoms with E-state index in [1.54, 1.807) is 6.92 Å². The van der Waals surface area contributed by atoms with Crippen LogP contribution in [0.25, 0.3) is 11.4 Å². The van der Waals surface area contributed by atoms with Crippen LogP contribution in [0.3, 0.4) is 0 Å². The van der Waals surface area contributed by atoms with Crippen molar-refractivity contribution in [3.63, 3.8) is 0 Å². The number of fused-ring (bicyclic) bond motifs is 1. The highest BCUT2D eigenvalue weighted by atomic mass is 32.2. The second-order valence-corrected chi connectivity index (χ2v) is 7.39. The van der Waals surface area contributed by atoms with E-state index in [9.17, 15) is 4.79 Å². The highest BCUT2D eigenvalue weighted by Gasteiger charge is 2.22. The SMILES string of the molecule is CC(C)n1c(S[C@H](C)C(=O)O)nnc1-c1ccc2c(c1)OCCCO2. The molecular weight excluding hydrogens is 342 g/mol. The van der Waals surface area contributed by atoms with Gasteiger partial charge in [-0.1, -0.05) is 11.8 Å². The fraction of sp³-hybridized carbons (Fsp3) is 0.471. The molecule has 2 aromatic rings. The molecule has 1 aromatic heterocycles. The fourth-order valence-electron chi connectivity index (χ4n) is 2.53. The maximum Gasteiger partial charge on any atom is 0.316 e. The van der Waals surface area contributed by atoms with E-state index in [1.165, 1.54) is 11.8 Å². The number of hydrogen-bond donors (Lipinski definition) is 1. The summed E-state index contributed by atoms with van der Waals surface area (Å²) in [5.74, 6) is 1.23. The number of aliphatic carboxylic acids is 1. The van der Waals surface area contributed by atoms with Gasteiger partial charge in [-0.15, -0.1) is 10.2 Å². The first-order valence-electron chi connectivity index (χ1n) is 8.21. The molecule has 0 saturated heterocycles. The summed E-state index contributed by atoms with van der Waals surface area (Å²) < 4.78 is 13.4. The van der Waals surface area contributed by atoms with Gasteiger partial charge in [-0.05, 0) is 39.0 Å². The predicted molar refractivity (Wildman–Crippen MR) is 94.4 cm³/mol. The first kappa shape index (κ1) is 17.6. The lowest BCUT2D eigenvalue weighted by molar-refractivity contribution is -0.136. The van der Waals surface area contributed by atoms with E-state index in [0.29, 0.717) is 29.9 Å². The number of benzene rings is 1. The van der Waals surface area contributed by atoms with E-state index in [2.05, 4.69) is 10.2 Å². The van der Waals surface area contributed by atoms with Crippen molar-refractivity contribution in [2.45, 2.75) is 43.6 Å². The monoisotopic (exact) mass is 363 g/mol. The molecule has 0 fully saturated rings. The molecule has 0 aliphatic carbocycles. The Morgan fingerprint density at radius 2 is 1.92 bits per heavy atom. The number of aromatic nitrogens is 3. The lowest BCUT2D eigenvalue weighted by atomic mass is 10.2. The summed E-state index contributed by atoms with van der Waals surface area (Å²) in [5, 5.41) is 17.6. The molecule has 0 unspecified atom stereocenters. The van der Waals surface area contributed by atoms with Crippen LogP contribution in [0.2, 0.25) is 0 Å². The zero-order valence-electron chi connectivity index (χ0n) is 14.4. The molecule has 0 spiro atoms. The molecule has 1 aliphatic rings. The van der Waals surface area contributed by atoms with Crippen LogP contribution in [0.1, 0.15) is 33.2 Å². The topological polar surface area (TPSA) is 86.5 Å².